The zero-order chi connectivity index (χ0) is 22.3. The van der Waals surface area contributed by atoms with Crippen molar-refractivity contribution in [1.82, 2.24) is 15.3 Å². The summed E-state index contributed by atoms with van der Waals surface area (Å²) in [6, 6.07) is 16.1. The van der Waals surface area contributed by atoms with Crippen molar-refractivity contribution in [2.45, 2.75) is 6.92 Å². The number of benzene rings is 2. The minimum atomic E-state index is 0.111. The van der Waals surface area contributed by atoms with E-state index in [2.05, 4.69) is 33.6 Å². The normalized spacial score (nSPS) is 10.8. The molecular formula is C25H25N5O2. The highest BCUT2D eigenvalue weighted by Gasteiger charge is 2.14. The monoisotopic (exact) mass is 427 g/mol. The third-order valence-electron chi connectivity index (χ3n) is 5.33. The molecule has 0 saturated heterocycles. The van der Waals surface area contributed by atoms with Gasteiger partial charge in [0.15, 0.2) is 0 Å². The molecule has 4 aromatic rings. The first kappa shape index (κ1) is 21.4. The number of H-pyrrole nitrogens is 1. The molecule has 162 valence electrons. The molecule has 0 spiro atoms. The third-order valence-corrected chi connectivity index (χ3v) is 5.33. The Bertz CT molecular complexity index is 1240. The molecule has 0 aliphatic heterocycles. The topological polar surface area (TPSA) is 106 Å². The number of aromatic nitrogens is 2. The van der Waals surface area contributed by atoms with E-state index in [4.69, 9.17) is 9.84 Å². The summed E-state index contributed by atoms with van der Waals surface area (Å²) in [7, 11) is 0. The van der Waals surface area contributed by atoms with E-state index in [0.717, 1.165) is 44.7 Å². The second kappa shape index (κ2) is 9.96. The highest BCUT2D eigenvalue weighted by molar-refractivity contribution is 5.91. The van der Waals surface area contributed by atoms with Gasteiger partial charge in [-0.2, -0.15) is 5.26 Å². The summed E-state index contributed by atoms with van der Waals surface area (Å²) in [4.78, 5) is 7.50. The maximum Gasteiger partial charge on any atom is 0.119 e. The van der Waals surface area contributed by atoms with E-state index in [1.807, 2.05) is 48.7 Å². The first-order valence-corrected chi connectivity index (χ1v) is 10.5. The zero-order valence-electron chi connectivity index (χ0n) is 17.9. The molecular weight excluding hydrogens is 402 g/mol. The van der Waals surface area contributed by atoms with Crippen LogP contribution in [0.15, 0.2) is 61.1 Å². The third kappa shape index (κ3) is 4.57. The van der Waals surface area contributed by atoms with E-state index < -0.39 is 0 Å². The number of ether oxygens (including phenoxy) is 1. The predicted octanol–water partition coefficient (Wildman–Crippen LogP) is 4.11. The molecule has 2 aromatic carbocycles. The average Bonchev–Trinajstić information content (AvgIpc) is 3.31. The summed E-state index contributed by atoms with van der Waals surface area (Å²) in [5.74, 6) is 0.757. The average molecular weight is 428 g/mol. The van der Waals surface area contributed by atoms with Gasteiger partial charge in [0.05, 0.1) is 17.9 Å². The van der Waals surface area contributed by atoms with Gasteiger partial charge in [0.1, 0.15) is 18.4 Å². The van der Waals surface area contributed by atoms with Crippen molar-refractivity contribution in [2.75, 3.05) is 31.6 Å². The predicted molar refractivity (Wildman–Crippen MR) is 126 cm³/mol. The van der Waals surface area contributed by atoms with E-state index in [1.165, 1.54) is 0 Å². The molecule has 0 aliphatic rings. The summed E-state index contributed by atoms with van der Waals surface area (Å²) in [6.07, 6.45) is 5.27. The minimum Gasteiger partial charge on any atom is -0.492 e. The molecule has 7 nitrogen and oxygen atoms in total. The van der Waals surface area contributed by atoms with Crippen LogP contribution in [0.3, 0.4) is 0 Å². The number of pyridine rings is 1. The highest BCUT2D eigenvalue weighted by atomic mass is 16.5. The van der Waals surface area contributed by atoms with Crippen molar-refractivity contribution in [3.63, 3.8) is 0 Å². The van der Waals surface area contributed by atoms with Gasteiger partial charge in [-0.15, -0.1) is 0 Å². The number of aryl methyl sites for hydroxylation is 1. The summed E-state index contributed by atoms with van der Waals surface area (Å²) in [5.41, 5.74) is 6.10. The van der Waals surface area contributed by atoms with Gasteiger partial charge in [0.2, 0.25) is 0 Å². The Balaban J connectivity index is 1.60. The molecule has 2 aromatic heterocycles. The number of nitrogens with one attached hydrogen (secondary N) is 3. The van der Waals surface area contributed by atoms with Gasteiger partial charge >= 0.3 is 0 Å². The van der Waals surface area contributed by atoms with Gasteiger partial charge < -0.3 is 25.5 Å². The van der Waals surface area contributed by atoms with Crippen LogP contribution in [0.4, 0.5) is 11.4 Å². The van der Waals surface area contributed by atoms with E-state index >= 15 is 0 Å². The van der Waals surface area contributed by atoms with E-state index in [1.54, 1.807) is 12.4 Å². The Morgan fingerprint density at radius 2 is 1.94 bits per heavy atom. The van der Waals surface area contributed by atoms with Gasteiger partial charge in [-0.3, -0.25) is 4.98 Å². The first-order valence-electron chi connectivity index (χ1n) is 10.5. The van der Waals surface area contributed by atoms with Crippen LogP contribution >= 0.6 is 0 Å². The zero-order valence-corrected chi connectivity index (χ0v) is 17.9. The van der Waals surface area contributed by atoms with Gasteiger partial charge in [0.25, 0.3) is 0 Å². The van der Waals surface area contributed by atoms with Gasteiger partial charge in [-0.05, 0) is 48.4 Å². The number of nitriles is 1. The van der Waals surface area contributed by atoms with E-state index in [9.17, 15) is 5.26 Å². The standard InChI is InChI=1S/C25H25N5O2/c1-17-21-8-9-29-24(21)7-6-23(17)30-25-19(14-26)15-28-16-22(25)18-2-4-20(5-3-18)32-13-11-27-10-12-31/h2-9,15-16,27,29,31H,10-13H2,1H3,(H,28,30). The second-order valence-corrected chi connectivity index (χ2v) is 7.37. The van der Waals surface area contributed by atoms with Gasteiger partial charge in [-0.1, -0.05) is 12.1 Å². The molecule has 7 heteroatoms. The van der Waals surface area contributed by atoms with Crippen LogP contribution in [0, 0.1) is 18.3 Å². The van der Waals surface area contributed by atoms with Crippen LogP contribution in [-0.4, -0.2) is 41.4 Å². The summed E-state index contributed by atoms with van der Waals surface area (Å²) >= 11 is 0. The first-order chi connectivity index (χ1) is 15.7. The molecule has 0 aliphatic carbocycles. The molecule has 0 amide bonds. The fraction of sp³-hybridized carbons (Fsp3) is 0.200. The lowest BCUT2D eigenvalue weighted by molar-refractivity contribution is 0.276. The summed E-state index contributed by atoms with van der Waals surface area (Å²) in [5, 5.41) is 26.2. The molecule has 0 unspecified atom stereocenters. The van der Waals surface area contributed by atoms with Crippen molar-refractivity contribution in [1.29, 1.82) is 5.26 Å². The Hall–Kier alpha value is -3.86. The van der Waals surface area contributed by atoms with Crippen LogP contribution < -0.4 is 15.4 Å². The molecule has 0 bridgehead atoms. The molecule has 0 saturated carbocycles. The maximum atomic E-state index is 9.70. The summed E-state index contributed by atoms with van der Waals surface area (Å²) < 4.78 is 5.73. The number of hydrogen-bond acceptors (Lipinski definition) is 6. The number of hydrogen-bond donors (Lipinski definition) is 4. The number of anilines is 2. The van der Waals surface area contributed by atoms with Crippen LogP contribution in [0.5, 0.6) is 5.75 Å². The molecule has 4 N–H and O–H groups in total. The van der Waals surface area contributed by atoms with E-state index in [-0.39, 0.29) is 6.61 Å². The van der Waals surface area contributed by atoms with Gasteiger partial charge in [-0.25, -0.2) is 0 Å². The number of nitrogens with zero attached hydrogens (tertiary/aromatic N) is 2. The smallest absolute Gasteiger partial charge is 0.119 e. The molecule has 4 rings (SSSR count). The van der Waals surface area contributed by atoms with Crippen LogP contribution in [-0.2, 0) is 0 Å². The Labute approximate surface area is 186 Å². The minimum absolute atomic E-state index is 0.111. The molecule has 32 heavy (non-hydrogen) atoms. The largest absolute Gasteiger partial charge is 0.492 e. The fourth-order valence-corrected chi connectivity index (χ4v) is 3.63. The number of aliphatic hydroxyl groups excluding tert-OH is 1. The van der Waals surface area contributed by atoms with Gasteiger partial charge in [0, 0.05) is 53.8 Å². The molecule has 0 radical (unpaired) electrons. The lowest BCUT2D eigenvalue weighted by Crippen LogP contribution is -2.23. The Morgan fingerprint density at radius 3 is 2.72 bits per heavy atom. The van der Waals surface area contributed by atoms with Crippen molar-refractivity contribution < 1.29 is 9.84 Å². The fourth-order valence-electron chi connectivity index (χ4n) is 3.63. The molecule has 0 fully saturated rings. The van der Waals surface area contributed by atoms with Crippen molar-refractivity contribution in [3.8, 4) is 22.9 Å². The highest BCUT2D eigenvalue weighted by Crippen LogP contribution is 2.35. The lowest BCUT2D eigenvalue weighted by atomic mass is 10.0. The summed E-state index contributed by atoms with van der Waals surface area (Å²) in [6.45, 7) is 3.90. The number of fused-ring (bicyclic) bond motifs is 1. The van der Waals surface area contributed by atoms with Crippen LogP contribution in [0.25, 0.3) is 22.0 Å². The molecule has 2 heterocycles. The SMILES string of the molecule is Cc1c(Nc2c(C#N)cncc2-c2ccc(OCCNCCO)cc2)ccc2[nH]ccc12. The van der Waals surface area contributed by atoms with Crippen LogP contribution in [0.1, 0.15) is 11.1 Å². The number of rotatable bonds is 9. The van der Waals surface area contributed by atoms with E-state index in [0.29, 0.717) is 25.3 Å². The quantitative estimate of drug-likeness (QED) is 0.300. The number of aromatic amines is 1. The van der Waals surface area contributed by atoms with Crippen molar-refractivity contribution in [3.05, 3.63) is 72.2 Å². The van der Waals surface area contributed by atoms with Crippen molar-refractivity contribution in [2.24, 2.45) is 0 Å². The second-order valence-electron chi connectivity index (χ2n) is 7.37. The maximum absolute atomic E-state index is 9.70. The lowest BCUT2D eigenvalue weighted by Gasteiger charge is -2.16. The Kier molecular flexibility index (Phi) is 6.66. The Morgan fingerprint density at radius 1 is 1.09 bits per heavy atom. The van der Waals surface area contributed by atoms with Crippen LogP contribution in [0.2, 0.25) is 0 Å². The van der Waals surface area contributed by atoms with Crippen molar-refractivity contribution >= 4 is 22.3 Å². The number of aliphatic hydroxyl groups is 1. The molecule has 0 atom stereocenters.